The van der Waals surface area contributed by atoms with E-state index in [-0.39, 0.29) is 36.0 Å². The van der Waals surface area contributed by atoms with E-state index in [2.05, 4.69) is 5.32 Å². The highest BCUT2D eigenvalue weighted by molar-refractivity contribution is 5.64. The number of benzene rings is 1. The molecule has 1 saturated carbocycles. The zero-order valence-electron chi connectivity index (χ0n) is 11.1. The first-order valence-corrected chi connectivity index (χ1v) is 6.58. The lowest BCUT2D eigenvalue weighted by Crippen LogP contribution is -2.32. The van der Waals surface area contributed by atoms with E-state index >= 15 is 0 Å². The van der Waals surface area contributed by atoms with Gasteiger partial charge in [0.05, 0.1) is 16.9 Å². The van der Waals surface area contributed by atoms with E-state index in [9.17, 15) is 28.4 Å². The minimum atomic E-state index is -4.17. The second-order valence-corrected chi connectivity index (χ2v) is 5.19. The van der Waals surface area contributed by atoms with Crippen molar-refractivity contribution in [2.75, 3.05) is 5.32 Å². The summed E-state index contributed by atoms with van der Waals surface area (Å²) in [6.07, 6.45) is -3.51. The largest absolute Gasteiger partial charge is 0.508 e. The molecule has 1 fully saturated rings. The van der Waals surface area contributed by atoms with E-state index in [0.717, 1.165) is 6.07 Å². The van der Waals surface area contributed by atoms with E-state index in [4.69, 9.17) is 0 Å². The third-order valence-electron chi connectivity index (χ3n) is 3.73. The van der Waals surface area contributed by atoms with Gasteiger partial charge in [0, 0.05) is 6.04 Å². The summed E-state index contributed by atoms with van der Waals surface area (Å²) in [6.45, 7) is 0. The first-order valence-electron chi connectivity index (χ1n) is 6.58. The topological polar surface area (TPSA) is 75.4 Å². The fourth-order valence-electron chi connectivity index (χ4n) is 2.58. The number of nitro benzene ring substituents is 1. The SMILES string of the molecule is O=[N+]([O-])c1cc(O)ccc1NC1CCC(C(F)(F)F)CC1. The lowest BCUT2D eigenvalue weighted by atomic mass is 9.85. The van der Waals surface area contributed by atoms with Crippen LogP contribution in [-0.2, 0) is 0 Å². The van der Waals surface area contributed by atoms with Crippen LogP contribution in [0, 0.1) is 16.0 Å². The van der Waals surface area contributed by atoms with E-state index in [1.165, 1.54) is 12.1 Å². The Morgan fingerprint density at radius 3 is 2.38 bits per heavy atom. The highest BCUT2D eigenvalue weighted by Crippen LogP contribution is 2.39. The minimum absolute atomic E-state index is 0.0209. The second-order valence-electron chi connectivity index (χ2n) is 5.19. The van der Waals surface area contributed by atoms with Crippen LogP contribution in [0.25, 0.3) is 0 Å². The zero-order valence-corrected chi connectivity index (χ0v) is 11.1. The van der Waals surface area contributed by atoms with Crippen LogP contribution in [0.5, 0.6) is 5.75 Å². The quantitative estimate of drug-likeness (QED) is 0.505. The molecular weight excluding hydrogens is 289 g/mol. The fourth-order valence-corrected chi connectivity index (χ4v) is 2.58. The molecule has 116 valence electrons. The lowest BCUT2D eigenvalue weighted by Gasteiger charge is -2.30. The van der Waals surface area contributed by atoms with E-state index in [1.54, 1.807) is 0 Å². The molecule has 0 radical (unpaired) electrons. The minimum Gasteiger partial charge on any atom is -0.508 e. The van der Waals surface area contributed by atoms with Crippen molar-refractivity contribution in [1.29, 1.82) is 0 Å². The Morgan fingerprint density at radius 2 is 1.86 bits per heavy atom. The molecule has 0 atom stereocenters. The first kappa shape index (κ1) is 15.4. The summed E-state index contributed by atoms with van der Waals surface area (Å²) in [5, 5.41) is 23.1. The molecule has 0 aromatic heterocycles. The molecule has 2 N–H and O–H groups in total. The van der Waals surface area contributed by atoms with Gasteiger partial charge < -0.3 is 10.4 Å². The smallest absolute Gasteiger partial charge is 0.391 e. The third kappa shape index (κ3) is 3.77. The van der Waals surface area contributed by atoms with Crippen LogP contribution in [0.15, 0.2) is 18.2 Å². The molecule has 1 aromatic rings. The van der Waals surface area contributed by atoms with Gasteiger partial charge in [-0.2, -0.15) is 13.2 Å². The van der Waals surface area contributed by atoms with Crippen molar-refractivity contribution >= 4 is 11.4 Å². The average molecular weight is 304 g/mol. The Balaban J connectivity index is 2.03. The maximum atomic E-state index is 12.6. The summed E-state index contributed by atoms with van der Waals surface area (Å²) < 4.78 is 37.7. The van der Waals surface area contributed by atoms with Gasteiger partial charge in [-0.05, 0) is 37.8 Å². The number of phenolic OH excluding ortho intramolecular Hbond substituents is 1. The van der Waals surface area contributed by atoms with Gasteiger partial charge in [0.1, 0.15) is 11.4 Å². The van der Waals surface area contributed by atoms with Crippen molar-refractivity contribution in [1.82, 2.24) is 0 Å². The van der Waals surface area contributed by atoms with Gasteiger partial charge in [-0.15, -0.1) is 0 Å². The van der Waals surface area contributed by atoms with Gasteiger partial charge in [0.15, 0.2) is 0 Å². The Kier molecular flexibility index (Phi) is 4.24. The van der Waals surface area contributed by atoms with Crippen molar-refractivity contribution in [3.8, 4) is 5.75 Å². The number of aromatic hydroxyl groups is 1. The molecule has 0 bridgehead atoms. The number of hydrogen-bond acceptors (Lipinski definition) is 4. The summed E-state index contributed by atoms with van der Waals surface area (Å²) in [4.78, 5) is 10.3. The van der Waals surface area contributed by atoms with Gasteiger partial charge in [-0.3, -0.25) is 10.1 Å². The third-order valence-corrected chi connectivity index (χ3v) is 3.73. The zero-order chi connectivity index (χ0) is 15.6. The van der Waals surface area contributed by atoms with Crippen LogP contribution >= 0.6 is 0 Å². The molecule has 0 spiro atoms. The second kappa shape index (κ2) is 5.79. The summed E-state index contributed by atoms with van der Waals surface area (Å²) in [5.41, 5.74) is -0.0683. The van der Waals surface area contributed by atoms with Crippen LogP contribution in [0.1, 0.15) is 25.7 Å². The Morgan fingerprint density at radius 1 is 1.24 bits per heavy atom. The number of hydrogen-bond donors (Lipinski definition) is 2. The average Bonchev–Trinajstić information content (AvgIpc) is 2.40. The fraction of sp³-hybridized carbons (Fsp3) is 0.538. The molecule has 0 heterocycles. The van der Waals surface area contributed by atoms with Gasteiger partial charge in [-0.1, -0.05) is 0 Å². The van der Waals surface area contributed by atoms with E-state index < -0.39 is 17.0 Å². The predicted molar refractivity (Wildman–Crippen MR) is 70.2 cm³/mol. The van der Waals surface area contributed by atoms with Gasteiger partial charge in [0.25, 0.3) is 5.69 Å². The Hall–Kier alpha value is -1.99. The number of phenols is 1. The molecule has 1 aliphatic carbocycles. The summed E-state index contributed by atoms with van der Waals surface area (Å²) in [6, 6.07) is 3.45. The molecule has 21 heavy (non-hydrogen) atoms. The summed E-state index contributed by atoms with van der Waals surface area (Å²) in [5.74, 6) is -1.52. The number of nitrogens with zero attached hydrogens (tertiary/aromatic N) is 1. The number of rotatable bonds is 3. The standard InChI is InChI=1S/C13H15F3N2O3/c14-13(15,16)8-1-3-9(4-2-8)17-11-6-5-10(19)7-12(11)18(20)21/h5-9,17,19H,1-4H2. The lowest BCUT2D eigenvalue weighted by molar-refractivity contribution is -0.384. The maximum absolute atomic E-state index is 12.6. The number of nitro groups is 1. The molecule has 1 aliphatic rings. The van der Waals surface area contributed by atoms with Crippen molar-refractivity contribution < 1.29 is 23.2 Å². The van der Waals surface area contributed by atoms with E-state index in [1.807, 2.05) is 0 Å². The monoisotopic (exact) mass is 304 g/mol. The number of halogens is 3. The molecule has 8 heteroatoms. The van der Waals surface area contributed by atoms with Crippen LogP contribution in [0.3, 0.4) is 0 Å². The van der Waals surface area contributed by atoms with Crippen molar-refractivity contribution in [3.05, 3.63) is 28.3 Å². The highest BCUT2D eigenvalue weighted by atomic mass is 19.4. The van der Waals surface area contributed by atoms with Gasteiger partial charge in [-0.25, -0.2) is 0 Å². The predicted octanol–water partition coefficient (Wildman–Crippen LogP) is 3.83. The van der Waals surface area contributed by atoms with Crippen LogP contribution < -0.4 is 5.32 Å². The van der Waals surface area contributed by atoms with Crippen LogP contribution in [0.2, 0.25) is 0 Å². The molecule has 2 rings (SSSR count). The molecule has 0 saturated heterocycles. The van der Waals surface area contributed by atoms with E-state index in [0.29, 0.717) is 12.8 Å². The molecule has 5 nitrogen and oxygen atoms in total. The summed E-state index contributed by atoms with van der Waals surface area (Å²) in [7, 11) is 0. The van der Waals surface area contributed by atoms with Crippen LogP contribution in [0.4, 0.5) is 24.5 Å². The van der Waals surface area contributed by atoms with Gasteiger partial charge >= 0.3 is 6.18 Å². The maximum Gasteiger partial charge on any atom is 0.391 e. The number of anilines is 1. The number of nitrogens with one attached hydrogen (secondary N) is 1. The molecule has 0 aliphatic heterocycles. The van der Waals surface area contributed by atoms with Crippen molar-refractivity contribution in [2.45, 2.75) is 37.9 Å². The normalized spacial score (nSPS) is 22.8. The van der Waals surface area contributed by atoms with Crippen molar-refractivity contribution in [3.63, 3.8) is 0 Å². The molecule has 1 aromatic carbocycles. The molecule has 0 amide bonds. The van der Waals surface area contributed by atoms with Crippen molar-refractivity contribution in [2.24, 2.45) is 5.92 Å². The molecular formula is C13H15F3N2O3. The van der Waals surface area contributed by atoms with Crippen LogP contribution in [-0.4, -0.2) is 22.2 Å². The molecule has 0 unspecified atom stereocenters. The summed E-state index contributed by atoms with van der Waals surface area (Å²) >= 11 is 0. The Labute approximate surface area is 118 Å². The highest BCUT2D eigenvalue weighted by Gasteiger charge is 2.41. The number of alkyl halides is 3. The van der Waals surface area contributed by atoms with Gasteiger partial charge in [0.2, 0.25) is 0 Å². The Bertz CT molecular complexity index is 526. The first-order chi connectivity index (χ1) is 9.77.